The molecule has 0 spiro atoms. The standard InChI is InChI=1S/C29H36/c1-15-12-17(3)28(24(10)20(15)6)27-14-18(4)29(25(11)23(27)9)26-13-16(2)19(5)21(7)22(26)8/h12-14H,1-11H3. The molecular formula is C29H36. The van der Waals surface area contributed by atoms with Crippen LogP contribution in [-0.4, -0.2) is 0 Å². The van der Waals surface area contributed by atoms with Crippen LogP contribution in [0.15, 0.2) is 18.2 Å². The largest absolute Gasteiger partial charge is 0.0555 e. The first kappa shape index (κ1) is 21.4. The highest BCUT2D eigenvalue weighted by atomic mass is 14.2. The lowest BCUT2D eigenvalue weighted by Crippen LogP contribution is -2.02. The summed E-state index contributed by atoms with van der Waals surface area (Å²) in [6.45, 7) is 24.9. The van der Waals surface area contributed by atoms with E-state index in [9.17, 15) is 0 Å². The molecule has 0 fully saturated rings. The molecule has 3 rings (SSSR count). The number of benzene rings is 3. The maximum absolute atomic E-state index is 2.42. The minimum Gasteiger partial charge on any atom is -0.0555 e. The van der Waals surface area contributed by atoms with Crippen LogP contribution in [0, 0.1) is 76.2 Å². The minimum absolute atomic E-state index is 1.37. The Morgan fingerprint density at radius 1 is 0.310 bits per heavy atom. The van der Waals surface area contributed by atoms with Crippen LogP contribution in [0.25, 0.3) is 22.3 Å². The number of hydrogen-bond donors (Lipinski definition) is 0. The predicted molar refractivity (Wildman–Crippen MR) is 129 cm³/mol. The van der Waals surface area contributed by atoms with Crippen molar-refractivity contribution in [2.24, 2.45) is 0 Å². The van der Waals surface area contributed by atoms with Crippen molar-refractivity contribution in [2.45, 2.75) is 76.2 Å². The summed E-state index contributed by atoms with van der Waals surface area (Å²) in [5, 5.41) is 0. The summed E-state index contributed by atoms with van der Waals surface area (Å²) in [5.41, 5.74) is 21.0. The van der Waals surface area contributed by atoms with Gasteiger partial charge in [-0.1, -0.05) is 18.2 Å². The van der Waals surface area contributed by atoms with Gasteiger partial charge in [0.15, 0.2) is 0 Å². The average molecular weight is 385 g/mol. The SMILES string of the molecule is Cc1cc(-c2c(C)cc(-c3c(C)cc(C)c(C)c3C)c(C)c2C)c(C)c(C)c1C. The van der Waals surface area contributed by atoms with Crippen LogP contribution in [0.4, 0.5) is 0 Å². The van der Waals surface area contributed by atoms with E-state index in [1.54, 1.807) is 0 Å². The van der Waals surface area contributed by atoms with Gasteiger partial charge < -0.3 is 0 Å². The van der Waals surface area contributed by atoms with Gasteiger partial charge in [0.1, 0.15) is 0 Å². The minimum atomic E-state index is 1.37. The lowest BCUT2D eigenvalue weighted by atomic mass is 9.81. The van der Waals surface area contributed by atoms with Crippen LogP contribution in [-0.2, 0) is 0 Å². The van der Waals surface area contributed by atoms with Gasteiger partial charge in [-0.25, -0.2) is 0 Å². The molecule has 0 saturated heterocycles. The fourth-order valence-corrected chi connectivity index (χ4v) is 4.93. The smallest absolute Gasteiger partial charge is 0.0119 e. The van der Waals surface area contributed by atoms with Crippen molar-refractivity contribution in [3.05, 3.63) is 79.4 Å². The molecule has 0 heterocycles. The molecule has 0 aliphatic carbocycles. The first-order valence-electron chi connectivity index (χ1n) is 10.7. The summed E-state index contributed by atoms with van der Waals surface area (Å²) >= 11 is 0. The zero-order chi connectivity index (χ0) is 21.8. The van der Waals surface area contributed by atoms with E-state index in [4.69, 9.17) is 0 Å². The van der Waals surface area contributed by atoms with E-state index in [0.717, 1.165) is 0 Å². The quantitative estimate of drug-likeness (QED) is 0.416. The molecule has 0 nitrogen and oxygen atoms in total. The van der Waals surface area contributed by atoms with Crippen molar-refractivity contribution in [1.29, 1.82) is 0 Å². The van der Waals surface area contributed by atoms with Crippen molar-refractivity contribution in [3.63, 3.8) is 0 Å². The number of aryl methyl sites for hydroxylation is 4. The molecule has 0 aliphatic heterocycles. The van der Waals surface area contributed by atoms with Crippen LogP contribution >= 0.6 is 0 Å². The fraction of sp³-hybridized carbons (Fsp3) is 0.379. The number of hydrogen-bond acceptors (Lipinski definition) is 0. The van der Waals surface area contributed by atoms with Crippen molar-refractivity contribution >= 4 is 0 Å². The van der Waals surface area contributed by atoms with E-state index in [-0.39, 0.29) is 0 Å². The van der Waals surface area contributed by atoms with Gasteiger partial charge in [-0.15, -0.1) is 0 Å². The summed E-state index contributed by atoms with van der Waals surface area (Å²) in [6.07, 6.45) is 0. The van der Waals surface area contributed by atoms with Gasteiger partial charge in [-0.3, -0.25) is 0 Å². The summed E-state index contributed by atoms with van der Waals surface area (Å²) < 4.78 is 0. The van der Waals surface area contributed by atoms with Gasteiger partial charge in [0.2, 0.25) is 0 Å². The van der Waals surface area contributed by atoms with E-state index in [0.29, 0.717) is 0 Å². The lowest BCUT2D eigenvalue weighted by Gasteiger charge is -2.23. The van der Waals surface area contributed by atoms with Crippen molar-refractivity contribution < 1.29 is 0 Å². The van der Waals surface area contributed by atoms with Crippen LogP contribution < -0.4 is 0 Å². The zero-order valence-electron chi connectivity index (χ0n) is 20.2. The highest BCUT2D eigenvalue weighted by Crippen LogP contribution is 2.41. The fourth-order valence-electron chi connectivity index (χ4n) is 4.93. The second-order valence-corrected chi connectivity index (χ2v) is 9.12. The third kappa shape index (κ3) is 3.33. The Bertz CT molecular complexity index is 1140. The van der Waals surface area contributed by atoms with Gasteiger partial charge in [0, 0.05) is 0 Å². The maximum atomic E-state index is 2.42. The normalized spacial score (nSPS) is 11.3. The van der Waals surface area contributed by atoms with Crippen molar-refractivity contribution in [2.75, 3.05) is 0 Å². The van der Waals surface area contributed by atoms with Gasteiger partial charge >= 0.3 is 0 Å². The molecule has 0 bridgehead atoms. The Morgan fingerprint density at radius 2 is 0.655 bits per heavy atom. The van der Waals surface area contributed by atoms with E-state index in [1.807, 2.05) is 0 Å². The maximum Gasteiger partial charge on any atom is -0.0119 e. The topological polar surface area (TPSA) is 0 Å². The second kappa shape index (κ2) is 7.48. The number of rotatable bonds is 2. The molecular weight excluding hydrogens is 348 g/mol. The Labute approximate surface area is 178 Å². The molecule has 0 N–H and O–H groups in total. The molecule has 0 heteroatoms. The van der Waals surface area contributed by atoms with Gasteiger partial charge in [0.05, 0.1) is 0 Å². The highest BCUT2D eigenvalue weighted by Gasteiger charge is 2.19. The summed E-state index contributed by atoms with van der Waals surface area (Å²) in [6, 6.07) is 7.15. The molecule has 29 heavy (non-hydrogen) atoms. The zero-order valence-corrected chi connectivity index (χ0v) is 20.2. The average Bonchev–Trinajstić information content (AvgIpc) is 2.66. The van der Waals surface area contributed by atoms with Crippen LogP contribution in [0.5, 0.6) is 0 Å². The van der Waals surface area contributed by atoms with E-state index in [1.165, 1.54) is 83.5 Å². The van der Waals surface area contributed by atoms with Crippen LogP contribution in [0.1, 0.15) is 61.2 Å². The molecule has 0 aliphatic rings. The second-order valence-electron chi connectivity index (χ2n) is 9.12. The lowest BCUT2D eigenvalue weighted by molar-refractivity contribution is 1.20. The van der Waals surface area contributed by atoms with Gasteiger partial charge in [0.25, 0.3) is 0 Å². The Morgan fingerprint density at radius 3 is 1.21 bits per heavy atom. The van der Waals surface area contributed by atoms with Crippen molar-refractivity contribution in [1.82, 2.24) is 0 Å². The van der Waals surface area contributed by atoms with Crippen LogP contribution in [0.2, 0.25) is 0 Å². The molecule has 0 atom stereocenters. The van der Waals surface area contributed by atoms with Gasteiger partial charge in [-0.2, -0.15) is 0 Å². The molecule has 0 saturated carbocycles. The third-order valence-corrected chi connectivity index (χ3v) is 7.47. The predicted octanol–water partition coefficient (Wildman–Crippen LogP) is 8.41. The summed E-state index contributed by atoms with van der Waals surface area (Å²) in [5.74, 6) is 0. The Kier molecular flexibility index (Phi) is 5.52. The molecule has 0 radical (unpaired) electrons. The molecule has 3 aromatic rings. The van der Waals surface area contributed by atoms with Crippen molar-refractivity contribution in [3.8, 4) is 22.3 Å². The molecule has 0 unspecified atom stereocenters. The summed E-state index contributed by atoms with van der Waals surface area (Å²) in [4.78, 5) is 0. The third-order valence-electron chi connectivity index (χ3n) is 7.47. The van der Waals surface area contributed by atoms with E-state index < -0.39 is 0 Å². The van der Waals surface area contributed by atoms with Crippen LogP contribution in [0.3, 0.4) is 0 Å². The Hall–Kier alpha value is -2.34. The molecule has 0 aromatic heterocycles. The monoisotopic (exact) mass is 384 g/mol. The molecule has 0 amide bonds. The van der Waals surface area contributed by atoms with Gasteiger partial charge in [-0.05, 0) is 160 Å². The highest BCUT2D eigenvalue weighted by molar-refractivity contribution is 5.84. The first-order chi connectivity index (χ1) is 13.5. The Balaban J connectivity index is 2.35. The van der Waals surface area contributed by atoms with E-state index >= 15 is 0 Å². The van der Waals surface area contributed by atoms with E-state index in [2.05, 4.69) is 94.4 Å². The summed E-state index contributed by atoms with van der Waals surface area (Å²) in [7, 11) is 0. The molecule has 3 aromatic carbocycles. The molecule has 152 valence electrons. The first-order valence-corrected chi connectivity index (χ1v) is 10.7.